The first-order chi connectivity index (χ1) is 14.8. The summed E-state index contributed by atoms with van der Waals surface area (Å²) in [6.45, 7) is 5.65. The van der Waals surface area contributed by atoms with E-state index in [2.05, 4.69) is 32.2 Å². The average Bonchev–Trinajstić information content (AvgIpc) is 2.81. The van der Waals surface area contributed by atoms with Crippen LogP contribution < -0.4 is 15.0 Å². The first kappa shape index (κ1) is 20.2. The van der Waals surface area contributed by atoms with Crippen molar-refractivity contribution in [1.29, 1.82) is 0 Å². The summed E-state index contributed by atoms with van der Waals surface area (Å²) in [5, 5.41) is 3.95. The lowest BCUT2D eigenvalue weighted by atomic mass is 10.1. The Kier molecular flexibility index (Phi) is 6.44. The van der Waals surface area contributed by atoms with Crippen LogP contribution in [0.4, 0.5) is 5.69 Å². The lowest BCUT2D eigenvalue weighted by Crippen LogP contribution is -2.47. The van der Waals surface area contributed by atoms with E-state index in [-0.39, 0.29) is 5.91 Å². The molecule has 0 unspecified atom stereocenters. The summed E-state index contributed by atoms with van der Waals surface area (Å²) in [7, 11) is 1.72. The molecule has 1 aromatic heterocycles. The molecule has 1 amide bonds. The van der Waals surface area contributed by atoms with Gasteiger partial charge >= 0.3 is 0 Å². The molecule has 2 aromatic carbocycles. The number of para-hydroxylation sites is 3. The van der Waals surface area contributed by atoms with E-state index in [1.165, 1.54) is 0 Å². The molecule has 0 spiro atoms. The summed E-state index contributed by atoms with van der Waals surface area (Å²) in [6.07, 6.45) is 2.63. The predicted molar refractivity (Wildman–Crippen MR) is 120 cm³/mol. The van der Waals surface area contributed by atoms with Crippen molar-refractivity contribution in [2.24, 2.45) is 0 Å². The number of benzene rings is 2. The second-order valence-corrected chi connectivity index (χ2v) is 7.49. The van der Waals surface area contributed by atoms with E-state index in [1.807, 2.05) is 36.4 Å². The van der Waals surface area contributed by atoms with Crippen molar-refractivity contribution >= 4 is 22.5 Å². The lowest BCUT2D eigenvalue weighted by Gasteiger charge is -2.36. The van der Waals surface area contributed by atoms with Crippen LogP contribution in [0.2, 0.25) is 0 Å². The Morgan fingerprint density at radius 3 is 2.63 bits per heavy atom. The zero-order valence-electron chi connectivity index (χ0n) is 17.4. The smallest absolute Gasteiger partial charge is 0.252 e. The molecule has 4 rings (SSSR count). The minimum Gasteiger partial charge on any atom is -0.495 e. The van der Waals surface area contributed by atoms with Crippen molar-refractivity contribution in [3.05, 3.63) is 66.4 Å². The molecule has 30 heavy (non-hydrogen) atoms. The largest absolute Gasteiger partial charge is 0.495 e. The summed E-state index contributed by atoms with van der Waals surface area (Å²) in [6, 6.07) is 17.7. The van der Waals surface area contributed by atoms with Crippen LogP contribution in [0, 0.1) is 0 Å². The second-order valence-electron chi connectivity index (χ2n) is 7.49. The molecule has 1 saturated heterocycles. The Balaban J connectivity index is 1.22. The molecular weight excluding hydrogens is 376 g/mol. The van der Waals surface area contributed by atoms with Crippen molar-refractivity contribution in [3.63, 3.8) is 0 Å². The summed E-state index contributed by atoms with van der Waals surface area (Å²) in [5.41, 5.74) is 2.69. The number of nitrogens with zero attached hydrogens (tertiary/aromatic N) is 3. The predicted octanol–water partition coefficient (Wildman–Crippen LogP) is 3.19. The molecule has 1 aliphatic rings. The van der Waals surface area contributed by atoms with Gasteiger partial charge in [0.15, 0.2) is 0 Å². The van der Waals surface area contributed by atoms with E-state index < -0.39 is 0 Å². The molecule has 0 atom stereocenters. The fourth-order valence-electron chi connectivity index (χ4n) is 4.00. The number of ether oxygens (including phenoxy) is 1. The number of methoxy groups -OCH3 is 1. The quantitative estimate of drug-likeness (QED) is 0.613. The molecule has 1 aliphatic heterocycles. The van der Waals surface area contributed by atoms with Crippen LogP contribution in [-0.4, -0.2) is 62.2 Å². The summed E-state index contributed by atoms with van der Waals surface area (Å²) in [4.78, 5) is 21.8. The van der Waals surface area contributed by atoms with Crippen LogP contribution in [0.1, 0.15) is 16.8 Å². The molecule has 3 aromatic rings. The van der Waals surface area contributed by atoms with E-state index in [1.54, 1.807) is 19.4 Å². The summed E-state index contributed by atoms with van der Waals surface area (Å²) in [5.74, 6) is 0.895. The molecule has 0 radical (unpaired) electrons. The van der Waals surface area contributed by atoms with Gasteiger partial charge in [0.1, 0.15) is 5.75 Å². The third-order valence-corrected chi connectivity index (χ3v) is 5.63. The van der Waals surface area contributed by atoms with Crippen LogP contribution in [0.5, 0.6) is 5.75 Å². The normalized spacial score (nSPS) is 14.6. The maximum absolute atomic E-state index is 12.6. The zero-order valence-corrected chi connectivity index (χ0v) is 17.4. The van der Waals surface area contributed by atoms with Crippen molar-refractivity contribution < 1.29 is 9.53 Å². The molecule has 6 nitrogen and oxygen atoms in total. The number of hydrogen-bond acceptors (Lipinski definition) is 5. The maximum Gasteiger partial charge on any atom is 0.252 e. The van der Waals surface area contributed by atoms with Gasteiger partial charge in [-0.25, -0.2) is 0 Å². The standard InChI is InChI=1S/C24H28N4O2/c1-30-23-10-5-4-9-22(23)28-17-15-27(16-18-28)14-6-12-26-24(29)20-11-13-25-21-8-3-2-7-19(20)21/h2-5,7-11,13H,6,12,14-18H2,1H3,(H,26,29). The highest BCUT2D eigenvalue weighted by atomic mass is 16.5. The third-order valence-electron chi connectivity index (χ3n) is 5.63. The van der Waals surface area contributed by atoms with Gasteiger partial charge in [0.2, 0.25) is 0 Å². The third kappa shape index (κ3) is 4.54. The van der Waals surface area contributed by atoms with E-state index in [4.69, 9.17) is 4.74 Å². The Morgan fingerprint density at radius 2 is 1.80 bits per heavy atom. The van der Waals surface area contributed by atoms with Gasteiger partial charge in [-0.05, 0) is 37.2 Å². The van der Waals surface area contributed by atoms with E-state index in [9.17, 15) is 4.79 Å². The fraction of sp³-hybridized carbons (Fsp3) is 0.333. The molecule has 156 valence electrons. The molecule has 0 aliphatic carbocycles. The van der Waals surface area contributed by atoms with E-state index >= 15 is 0 Å². The highest BCUT2D eigenvalue weighted by Gasteiger charge is 2.19. The number of carbonyl (C=O) groups is 1. The maximum atomic E-state index is 12.6. The minimum absolute atomic E-state index is 0.0328. The fourth-order valence-corrected chi connectivity index (χ4v) is 4.00. The van der Waals surface area contributed by atoms with Crippen LogP contribution in [0.15, 0.2) is 60.8 Å². The number of rotatable bonds is 7. The Labute approximate surface area is 177 Å². The van der Waals surface area contributed by atoms with Gasteiger partial charge in [0.05, 0.1) is 23.9 Å². The molecule has 1 N–H and O–H groups in total. The number of nitrogens with one attached hydrogen (secondary N) is 1. The lowest BCUT2D eigenvalue weighted by molar-refractivity contribution is 0.0953. The Hall–Kier alpha value is -3.12. The number of amides is 1. The van der Waals surface area contributed by atoms with Gasteiger partial charge in [-0.1, -0.05) is 30.3 Å². The summed E-state index contributed by atoms with van der Waals surface area (Å²) >= 11 is 0. The van der Waals surface area contributed by atoms with Crippen molar-refractivity contribution in [2.45, 2.75) is 6.42 Å². The van der Waals surface area contributed by atoms with Gasteiger partial charge in [0.25, 0.3) is 5.91 Å². The first-order valence-electron chi connectivity index (χ1n) is 10.5. The van der Waals surface area contributed by atoms with Gasteiger partial charge < -0.3 is 15.0 Å². The van der Waals surface area contributed by atoms with Crippen LogP contribution in [0.25, 0.3) is 10.9 Å². The molecule has 2 heterocycles. The average molecular weight is 405 g/mol. The first-order valence-corrected chi connectivity index (χ1v) is 10.5. The van der Waals surface area contributed by atoms with Crippen molar-refractivity contribution in [3.8, 4) is 5.75 Å². The monoisotopic (exact) mass is 404 g/mol. The van der Waals surface area contributed by atoms with Gasteiger partial charge in [-0.15, -0.1) is 0 Å². The number of fused-ring (bicyclic) bond motifs is 1. The van der Waals surface area contributed by atoms with Gasteiger partial charge in [-0.3, -0.25) is 14.7 Å². The Bertz CT molecular complexity index is 994. The van der Waals surface area contributed by atoms with Crippen molar-refractivity contribution in [1.82, 2.24) is 15.2 Å². The molecule has 0 saturated carbocycles. The molecular formula is C24H28N4O2. The molecule has 6 heteroatoms. The van der Waals surface area contributed by atoms with Gasteiger partial charge in [-0.2, -0.15) is 0 Å². The highest BCUT2D eigenvalue weighted by Crippen LogP contribution is 2.28. The van der Waals surface area contributed by atoms with Gasteiger partial charge in [0, 0.05) is 44.3 Å². The summed E-state index contributed by atoms with van der Waals surface area (Å²) < 4.78 is 5.49. The topological polar surface area (TPSA) is 57.7 Å². The molecule has 0 bridgehead atoms. The second kappa shape index (κ2) is 9.59. The number of anilines is 1. The van der Waals surface area contributed by atoms with Crippen LogP contribution >= 0.6 is 0 Å². The number of hydrogen-bond donors (Lipinski definition) is 1. The van der Waals surface area contributed by atoms with Crippen LogP contribution in [0.3, 0.4) is 0 Å². The van der Waals surface area contributed by atoms with Crippen LogP contribution in [-0.2, 0) is 0 Å². The van der Waals surface area contributed by atoms with E-state index in [0.29, 0.717) is 12.1 Å². The zero-order chi connectivity index (χ0) is 20.8. The number of pyridine rings is 1. The van der Waals surface area contributed by atoms with Crippen molar-refractivity contribution in [2.75, 3.05) is 51.3 Å². The highest BCUT2D eigenvalue weighted by molar-refractivity contribution is 6.05. The number of piperazine rings is 1. The van der Waals surface area contributed by atoms with E-state index in [0.717, 1.165) is 61.5 Å². The number of carbonyl (C=O) groups excluding carboxylic acids is 1. The number of aromatic nitrogens is 1. The SMILES string of the molecule is COc1ccccc1N1CCN(CCCNC(=O)c2ccnc3ccccc23)CC1. The molecule has 1 fully saturated rings. The Morgan fingerprint density at radius 1 is 1.03 bits per heavy atom. The minimum atomic E-state index is -0.0328.